The number of halogens is 2. The number of carbonyl (C=O) groups excluding carboxylic acids is 1. The van der Waals surface area contributed by atoms with Gasteiger partial charge in [0.25, 0.3) is 5.91 Å². The molecule has 0 bridgehead atoms. The van der Waals surface area contributed by atoms with E-state index >= 15 is 0 Å². The summed E-state index contributed by atoms with van der Waals surface area (Å²) in [6, 6.07) is 11.2. The summed E-state index contributed by atoms with van der Waals surface area (Å²) in [6.07, 6.45) is 3.06. The predicted molar refractivity (Wildman–Crippen MR) is 99.0 cm³/mol. The number of rotatable bonds is 6. The number of sulfonamides is 1. The zero-order valence-corrected chi connectivity index (χ0v) is 15.2. The lowest BCUT2D eigenvalue weighted by molar-refractivity contribution is 0.102. The molecule has 6 nitrogen and oxygen atoms in total. The van der Waals surface area contributed by atoms with Gasteiger partial charge >= 0.3 is 0 Å². The zero-order chi connectivity index (χ0) is 20.1. The highest BCUT2D eigenvalue weighted by Gasteiger charge is 2.17. The van der Waals surface area contributed by atoms with Crippen LogP contribution in [0.1, 0.15) is 15.9 Å². The van der Waals surface area contributed by atoms with Crippen LogP contribution < -0.4 is 10.0 Å². The number of pyridine rings is 1. The summed E-state index contributed by atoms with van der Waals surface area (Å²) in [5.74, 6) is -2.07. The van der Waals surface area contributed by atoms with Gasteiger partial charge in [0.15, 0.2) is 0 Å². The van der Waals surface area contributed by atoms with Gasteiger partial charge in [0, 0.05) is 24.5 Å². The number of benzene rings is 2. The molecule has 0 spiro atoms. The van der Waals surface area contributed by atoms with Gasteiger partial charge in [0.1, 0.15) is 11.6 Å². The van der Waals surface area contributed by atoms with Gasteiger partial charge in [0.2, 0.25) is 10.0 Å². The van der Waals surface area contributed by atoms with Crippen LogP contribution >= 0.6 is 0 Å². The number of nitrogens with zero attached hydrogens (tertiary/aromatic N) is 1. The minimum absolute atomic E-state index is 0.0233. The molecule has 144 valence electrons. The fourth-order valence-electron chi connectivity index (χ4n) is 2.32. The van der Waals surface area contributed by atoms with Crippen molar-refractivity contribution >= 4 is 21.6 Å². The molecular formula is C19H15F2N3O3S. The highest BCUT2D eigenvalue weighted by atomic mass is 32.2. The average molecular weight is 403 g/mol. The van der Waals surface area contributed by atoms with E-state index in [9.17, 15) is 22.0 Å². The summed E-state index contributed by atoms with van der Waals surface area (Å²) in [6.45, 7) is 0.0233. The first-order chi connectivity index (χ1) is 13.3. The molecular weight excluding hydrogens is 388 g/mol. The van der Waals surface area contributed by atoms with Crippen LogP contribution in [0.15, 0.2) is 71.9 Å². The molecule has 0 fully saturated rings. The van der Waals surface area contributed by atoms with Crippen LogP contribution in [0.25, 0.3) is 0 Å². The maximum absolute atomic E-state index is 14.3. The third-order valence-electron chi connectivity index (χ3n) is 3.82. The fraction of sp³-hybridized carbons (Fsp3) is 0.0526. The maximum atomic E-state index is 14.3. The summed E-state index contributed by atoms with van der Waals surface area (Å²) >= 11 is 0. The summed E-state index contributed by atoms with van der Waals surface area (Å²) in [5.41, 5.74) is 0.640. The van der Waals surface area contributed by atoms with Crippen molar-refractivity contribution in [3.63, 3.8) is 0 Å². The lowest BCUT2D eigenvalue weighted by atomic mass is 10.2. The van der Waals surface area contributed by atoms with E-state index in [2.05, 4.69) is 15.0 Å². The minimum atomic E-state index is -3.95. The summed E-state index contributed by atoms with van der Waals surface area (Å²) < 4.78 is 54.2. The molecule has 0 atom stereocenters. The average Bonchev–Trinajstić information content (AvgIpc) is 2.69. The highest BCUT2D eigenvalue weighted by molar-refractivity contribution is 7.89. The van der Waals surface area contributed by atoms with Crippen LogP contribution in [0.2, 0.25) is 0 Å². The largest absolute Gasteiger partial charge is 0.319 e. The smallest absolute Gasteiger partial charge is 0.255 e. The van der Waals surface area contributed by atoms with Crippen molar-refractivity contribution < 1.29 is 22.0 Å². The Kier molecular flexibility index (Phi) is 5.76. The van der Waals surface area contributed by atoms with Crippen molar-refractivity contribution in [3.8, 4) is 0 Å². The number of hydrogen-bond acceptors (Lipinski definition) is 4. The molecule has 1 amide bonds. The Morgan fingerprint density at radius 2 is 1.64 bits per heavy atom. The van der Waals surface area contributed by atoms with E-state index < -0.39 is 27.6 Å². The summed E-state index contributed by atoms with van der Waals surface area (Å²) in [4.78, 5) is 15.6. The molecule has 9 heteroatoms. The Labute approximate surface area is 160 Å². The van der Waals surface area contributed by atoms with Crippen molar-refractivity contribution in [1.29, 1.82) is 0 Å². The van der Waals surface area contributed by atoms with Crippen molar-refractivity contribution in [2.75, 3.05) is 5.32 Å². The molecule has 2 aromatic carbocycles. The van der Waals surface area contributed by atoms with E-state index in [1.807, 2.05) is 0 Å². The molecule has 0 aliphatic rings. The molecule has 3 aromatic rings. The molecule has 2 N–H and O–H groups in total. The predicted octanol–water partition coefficient (Wildman–Crippen LogP) is 3.09. The van der Waals surface area contributed by atoms with Gasteiger partial charge < -0.3 is 5.32 Å². The van der Waals surface area contributed by atoms with Gasteiger partial charge in [-0.25, -0.2) is 21.9 Å². The topological polar surface area (TPSA) is 88.2 Å². The second-order valence-electron chi connectivity index (χ2n) is 5.78. The van der Waals surface area contributed by atoms with E-state index in [4.69, 9.17) is 0 Å². The SMILES string of the molecule is O=C(Nc1ccc(S(=O)(=O)NCc2ccncc2)cc1F)c1ccc(F)cc1. The normalized spacial score (nSPS) is 11.2. The van der Waals surface area contributed by atoms with Crippen molar-refractivity contribution in [2.45, 2.75) is 11.4 Å². The monoisotopic (exact) mass is 403 g/mol. The quantitative estimate of drug-likeness (QED) is 0.662. The molecule has 1 heterocycles. The molecule has 3 rings (SSSR count). The van der Waals surface area contributed by atoms with Crippen molar-refractivity contribution in [1.82, 2.24) is 9.71 Å². The van der Waals surface area contributed by atoms with E-state index in [0.29, 0.717) is 5.56 Å². The van der Waals surface area contributed by atoms with Crippen LogP contribution in [-0.4, -0.2) is 19.3 Å². The number of nitrogens with one attached hydrogen (secondary N) is 2. The number of anilines is 1. The van der Waals surface area contributed by atoms with Crippen LogP contribution in [0.3, 0.4) is 0 Å². The van der Waals surface area contributed by atoms with Crippen LogP contribution in [0.4, 0.5) is 14.5 Å². The zero-order valence-electron chi connectivity index (χ0n) is 14.4. The first-order valence-corrected chi connectivity index (χ1v) is 9.58. The van der Waals surface area contributed by atoms with Crippen molar-refractivity contribution in [2.24, 2.45) is 0 Å². The third kappa shape index (κ3) is 4.76. The first kappa shape index (κ1) is 19.6. The molecule has 0 aliphatic carbocycles. The van der Waals surface area contributed by atoms with Crippen LogP contribution in [-0.2, 0) is 16.6 Å². The van der Waals surface area contributed by atoms with Gasteiger partial charge in [-0.3, -0.25) is 9.78 Å². The van der Waals surface area contributed by atoms with E-state index in [-0.39, 0.29) is 22.7 Å². The Balaban J connectivity index is 1.72. The van der Waals surface area contributed by atoms with Crippen LogP contribution in [0.5, 0.6) is 0 Å². The van der Waals surface area contributed by atoms with Crippen LogP contribution in [0, 0.1) is 11.6 Å². The number of carbonyl (C=O) groups is 1. The molecule has 0 saturated carbocycles. The molecule has 0 aliphatic heterocycles. The van der Waals surface area contributed by atoms with Crippen molar-refractivity contribution in [3.05, 3.63) is 89.8 Å². The van der Waals surface area contributed by atoms with Gasteiger partial charge in [-0.05, 0) is 60.2 Å². The Hall–Kier alpha value is -3.17. The summed E-state index contributed by atoms with van der Waals surface area (Å²) in [5, 5.41) is 2.32. The number of aromatic nitrogens is 1. The van der Waals surface area contributed by atoms with E-state index in [1.54, 1.807) is 12.1 Å². The standard InChI is InChI=1S/C19H15F2N3O3S/c20-15-3-1-14(2-4-15)19(25)24-18-6-5-16(11-17(18)21)28(26,27)23-12-13-7-9-22-10-8-13/h1-11,23H,12H2,(H,24,25). The number of amides is 1. The number of hydrogen-bond donors (Lipinski definition) is 2. The molecule has 1 aromatic heterocycles. The first-order valence-electron chi connectivity index (χ1n) is 8.10. The molecule has 0 radical (unpaired) electrons. The van der Waals surface area contributed by atoms with Gasteiger partial charge in [0.05, 0.1) is 10.6 Å². The summed E-state index contributed by atoms with van der Waals surface area (Å²) in [7, 11) is -3.95. The lowest BCUT2D eigenvalue weighted by Gasteiger charge is -2.10. The Morgan fingerprint density at radius 3 is 2.29 bits per heavy atom. The van der Waals surface area contributed by atoms with Gasteiger partial charge in [-0.2, -0.15) is 0 Å². The second kappa shape index (κ2) is 8.24. The van der Waals surface area contributed by atoms with E-state index in [0.717, 1.165) is 24.3 Å². The Bertz CT molecular complexity index is 1090. The highest BCUT2D eigenvalue weighted by Crippen LogP contribution is 2.20. The third-order valence-corrected chi connectivity index (χ3v) is 5.22. The minimum Gasteiger partial charge on any atom is -0.319 e. The van der Waals surface area contributed by atoms with Gasteiger partial charge in [-0.1, -0.05) is 0 Å². The maximum Gasteiger partial charge on any atom is 0.255 e. The molecule has 0 saturated heterocycles. The van der Waals surface area contributed by atoms with Gasteiger partial charge in [-0.15, -0.1) is 0 Å². The Morgan fingerprint density at radius 1 is 0.964 bits per heavy atom. The van der Waals surface area contributed by atoms with E-state index in [1.165, 1.54) is 30.6 Å². The molecule has 0 unspecified atom stereocenters. The lowest BCUT2D eigenvalue weighted by Crippen LogP contribution is -2.23. The molecule has 28 heavy (non-hydrogen) atoms. The second-order valence-corrected chi connectivity index (χ2v) is 7.55. The fourth-order valence-corrected chi connectivity index (χ4v) is 3.35.